The Hall–Kier alpha value is -1.20. The summed E-state index contributed by atoms with van der Waals surface area (Å²) in [7, 11) is 0. The van der Waals surface area contributed by atoms with Crippen LogP contribution in [0, 0.1) is 12.8 Å². The molecule has 17 heavy (non-hydrogen) atoms. The molecule has 1 aliphatic rings. The van der Waals surface area contributed by atoms with E-state index in [9.17, 15) is 5.11 Å². The summed E-state index contributed by atoms with van der Waals surface area (Å²) in [6.07, 6.45) is 1.12. The second kappa shape index (κ2) is 4.98. The molecule has 0 spiro atoms. The Kier molecular flexibility index (Phi) is 3.59. The molecular formula is C12H20N4O. The van der Waals surface area contributed by atoms with Crippen LogP contribution in [0.1, 0.15) is 24.9 Å². The molecule has 0 aromatic carbocycles. The van der Waals surface area contributed by atoms with E-state index in [1.54, 1.807) is 6.07 Å². The van der Waals surface area contributed by atoms with Gasteiger partial charge >= 0.3 is 0 Å². The van der Waals surface area contributed by atoms with Gasteiger partial charge in [0.2, 0.25) is 0 Å². The van der Waals surface area contributed by atoms with Crippen LogP contribution in [0.5, 0.6) is 0 Å². The highest BCUT2D eigenvalue weighted by Crippen LogP contribution is 2.24. The van der Waals surface area contributed by atoms with E-state index in [0.29, 0.717) is 18.3 Å². The van der Waals surface area contributed by atoms with Crippen LogP contribution in [-0.4, -0.2) is 39.2 Å². The van der Waals surface area contributed by atoms with Gasteiger partial charge in [-0.2, -0.15) is 0 Å². The molecule has 5 heteroatoms. The minimum Gasteiger partial charge on any atom is -0.395 e. The highest BCUT2D eigenvalue weighted by Gasteiger charge is 2.30. The van der Waals surface area contributed by atoms with Crippen LogP contribution in [0.15, 0.2) is 6.07 Å². The summed E-state index contributed by atoms with van der Waals surface area (Å²) in [4.78, 5) is 10.8. The first-order valence-electron chi connectivity index (χ1n) is 6.05. The van der Waals surface area contributed by atoms with Crippen molar-refractivity contribution in [2.45, 2.75) is 32.9 Å². The van der Waals surface area contributed by atoms with Crippen molar-refractivity contribution in [3.63, 3.8) is 0 Å². The molecule has 1 aromatic heterocycles. The number of hydrogen-bond acceptors (Lipinski definition) is 5. The Balaban J connectivity index is 2.10. The number of aryl methyl sites for hydroxylation is 1. The Morgan fingerprint density at radius 3 is 2.94 bits per heavy atom. The van der Waals surface area contributed by atoms with Gasteiger partial charge in [0, 0.05) is 17.8 Å². The van der Waals surface area contributed by atoms with Crippen LogP contribution < -0.4 is 5.73 Å². The average molecular weight is 236 g/mol. The topological polar surface area (TPSA) is 75.3 Å². The second-order valence-corrected chi connectivity index (χ2v) is 4.84. The quantitative estimate of drug-likeness (QED) is 0.802. The summed E-state index contributed by atoms with van der Waals surface area (Å²) in [6.45, 7) is 5.94. The predicted molar refractivity (Wildman–Crippen MR) is 66.2 cm³/mol. The van der Waals surface area contributed by atoms with Crippen molar-refractivity contribution < 1.29 is 5.11 Å². The van der Waals surface area contributed by atoms with E-state index in [-0.39, 0.29) is 12.6 Å². The lowest BCUT2D eigenvalue weighted by Crippen LogP contribution is -2.35. The molecule has 0 amide bonds. The lowest BCUT2D eigenvalue weighted by atomic mass is 10.0. The van der Waals surface area contributed by atoms with E-state index < -0.39 is 0 Å². The lowest BCUT2D eigenvalue weighted by Gasteiger charge is -2.24. The highest BCUT2D eigenvalue weighted by molar-refractivity contribution is 5.29. The van der Waals surface area contributed by atoms with Crippen molar-refractivity contribution in [3.05, 3.63) is 17.6 Å². The predicted octanol–water partition coefficient (Wildman–Crippen LogP) is 0.570. The van der Waals surface area contributed by atoms with Crippen molar-refractivity contribution in [2.24, 2.45) is 5.92 Å². The molecule has 1 saturated heterocycles. The number of aromatic nitrogens is 2. The number of nitrogens with zero attached hydrogens (tertiary/aromatic N) is 3. The van der Waals surface area contributed by atoms with Gasteiger partial charge in [-0.25, -0.2) is 9.97 Å². The number of nitrogens with two attached hydrogens (primary N) is 1. The Labute approximate surface area is 102 Å². The third kappa shape index (κ3) is 2.73. The molecule has 0 saturated carbocycles. The van der Waals surface area contributed by atoms with Gasteiger partial charge in [0.15, 0.2) is 0 Å². The Bertz CT molecular complexity index is 376. The fourth-order valence-corrected chi connectivity index (χ4v) is 2.49. The van der Waals surface area contributed by atoms with Gasteiger partial charge < -0.3 is 10.8 Å². The van der Waals surface area contributed by atoms with Crippen LogP contribution in [0.3, 0.4) is 0 Å². The van der Waals surface area contributed by atoms with E-state index in [4.69, 9.17) is 5.73 Å². The summed E-state index contributed by atoms with van der Waals surface area (Å²) in [5, 5.41) is 9.39. The van der Waals surface area contributed by atoms with Crippen LogP contribution in [0.25, 0.3) is 0 Å². The number of rotatable bonds is 3. The lowest BCUT2D eigenvalue weighted by molar-refractivity contribution is 0.132. The van der Waals surface area contributed by atoms with Crippen LogP contribution >= 0.6 is 0 Å². The fourth-order valence-electron chi connectivity index (χ4n) is 2.49. The summed E-state index contributed by atoms with van der Waals surface area (Å²) in [6, 6.07) is 1.99. The molecule has 1 aliphatic heterocycles. The number of nitrogen functional groups attached to an aromatic ring is 1. The number of likely N-dealkylation sites (tertiary alicyclic amines) is 1. The smallest absolute Gasteiger partial charge is 0.144 e. The number of anilines is 1. The third-order valence-electron chi connectivity index (χ3n) is 3.45. The Morgan fingerprint density at radius 1 is 1.53 bits per heavy atom. The van der Waals surface area contributed by atoms with E-state index in [1.807, 2.05) is 6.92 Å². The third-order valence-corrected chi connectivity index (χ3v) is 3.45. The van der Waals surface area contributed by atoms with Crippen LogP contribution in [0.4, 0.5) is 5.82 Å². The van der Waals surface area contributed by atoms with Gasteiger partial charge in [0.1, 0.15) is 11.6 Å². The zero-order chi connectivity index (χ0) is 12.4. The average Bonchev–Trinajstić information content (AvgIpc) is 2.57. The zero-order valence-corrected chi connectivity index (χ0v) is 10.4. The first-order chi connectivity index (χ1) is 8.10. The standard InChI is InChI=1S/C12H20N4O/c1-8-3-4-16(10(8)7-17)6-12-14-9(2)5-11(13)15-12/h5,8,10,17H,3-4,6-7H2,1-2H3,(H2,13,14,15). The normalized spacial score (nSPS) is 25.4. The van der Waals surface area contributed by atoms with Gasteiger partial charge in [0.25, 0.3) is 0 Å². The molecule has 94 valence electrons. The summed E-state index contributed by atoms with van der Waals surface area (Å²) in [5.41, 5.74) is 6.60. The molecule has 2 atom stereocenters. The molecule has 1 fully saturated rings. The zero-order valence-electron chi connectivity index (χ0n) is 10.4. The molecule has 2 heterocycles. The minimum atomic E-state index is 0.197. The van der Waals surface area contributed by atoms with E-state index in [2.05, 4.69) is 21.8 Å². The van der Waals surface area contributed by atoms with E-state index >= 15 is 0 Å². The monoisotopic (exact) mass is 236 g/mol. The summed E-state index contributed by atoms with van der Waals surface area (Å²) < 4.78 is 0. The van der Waals surface area contributed by atoms with Gasteiger partial charge in [-0.05, 0) is 25.8 Å². The fraction of sp³-hybridized carbons (Fsp3) is 0.667. The van der Waals surface area contributed by atoms with Crippen molar-refractivity contribution in [1.82, 2.24) is 14.9 Å². The molecule has 3 N–H and O–H groups in total. The maximum Gasteiger partial charge on any atom is 0.144 e. The minimum absolute atomic E-state index is 0.197. The van der Waals surface area contributed by atoms with Gasteiger partial charge in [0.05, 0.1) is 13.2 Å². The number of aliphatic hydroxyl groups excluding tert-OH is 1. The largest absolute Gasteiger partial charge is 0.395 e. The molecule has 0 aliphatic carbocycles. The first-order valence-corrected chi connectivity index (χ1v) is 6.05. The molecular weight excluding hydrogens is 216 g/mol. The summed E-state index contributed by atoms with van der Waals surface area (Å²) in [5.74, 6) is 1.79. The molecule has 2 rings (SSSR count). The van der Waals surface area contributed by atoms with Gasteiger partial charge in [-0.1, -0.05) is 6.92 Å². The molecule has 0 radical (unpaired) electrons. The molecule has 1 aromatic rings. The number of hydrogen-bond donors (Lipinski definition) is 2. The van der Waals surface area contributed by atoms with Crippen molar-refractivity contribution in [1.29, 1.82) is 0 Å². The summed E-state index contributed by atoms with van der Waals surface area (Å²) >= 11 is 0. The molecule has 0 bridgehead atoms. The second-order valence-electron chi connectivity index (χ2n) is 4.84. The molecule has 2 unspecified atom stereocenters. The molecule has 5 nitrogen and oxygen atoms in total. The van der Waals surface area contributed by atoms with Crippen molar-refractivity contribution in [2.75, 3.05) is 18.9 Å². The highest BCUT2D eigenvalue weighted by atomic mass is 16.3. The number of aliphatic hydroxyl groups is 1. The first kappa shape index (κ1) is 12.3. The van der Waals surface area contributed by atoms with Crippen LogP contribution in [-0.2, 0) is 6.54 Å². The van der Waals surface area contributed by atoms with Crippen molar-refractivity contribution >= 4 is 5.82 Å². The Morgan fingerprint density at radius 2 is 2.29 bits per heavy atom. The SMILES string of the molecule is Cc1cc(N)nc(CN2CCC(C)C2CO)n1. The van der Waals surface area contributed by atoms with Gasteiger partial charge in [-0.3, -0.25) is 4.90 Å². The maximum absolute atomic E-state index is 9.39. The van der Waals surface area contributed by atoms with Gasteiger partial charge in [-0.15, -0.1) is 0 Å². The maximum atomic E-state index is 9.39. The van der Waals surface area contributed by atoms with E-state index in [1.165, 1.54) is 0 Å². The van der Waals surface area contributed by atoms with Crippen LogP contribution in [0.2, 0.25) is 0 Å². The van der Waals surface area contributed by atoms with Crippen molar-refractivity contribution in [3.8, 4) is 0 Å². The van der Waals surface area contributed by atoms with E-state index in [0.717, 1.165) is 24.5 Å².